The third kappa shape index (κ3) is 4.74. The van der Waals surface area contributed by atoms with Crippen LogP contribution in [0.2, 0.25) is 0 Å². The number of nitro benzene ring substituents is 1. The quantitative estimate of drug-likeness (QED) is 0.482. The fourth-order valence-electron chi connectivity index (χ4n) is 1.33. The molecule has 0 aliphatic rings. The first-order valence-corrected chi connectivity index (χ1v) is 5.52. The summed E-state index contributed by atoms with van der Waals surface area (Å²) in [7, 11) is 0. The van der Waals surface area contributed by atoms with Crippen LogP contribution in [-0.2, 0) is 11.2 Å². The van der Waals surface area contributed by atoms with E-state index in [9.17, 15) is 28.1 Å². The first-order valence-electron chi connectivity index (χ1n) is 4.71. The van der Waals surface area contributed by atoms with Gasteiger partial charge in [0.15, 0.2) is 0 Å². The number of non-ortho nitro benzene ring substituents is 1. The van der Waals surface area contributed by atoms with Gasteiger partial charge in [-0.15, -0.1) is 0 Å². The molecule has 0 aliphatic carbocycles. The van der Waals surface area contributed by atoms with E-state index in [1.54, 1.807) is 0 Å². The Bertz CT molecular complexity index is 488. The fourth-order valence-corrected chi connectivity index (χ4v) is 1.99. The van der Waals surface area contributed by atoms with Gasteiger partial charge in [0, 0.05) is 23.4 Å². The van der Waals surface area contributed by atoms with Crippen molar-refractivity contribution in [3.05, 3.63) is 33.9 Å². The molecule has 0 aromatic heterocycles. The molecule has 0 spiro atoms. The number of nitro groups is 1. The van der Waals surface area contributed by atoms with E-state index in [4.69, 9.17) is 0 Å². The minimum atomic E-state index is -4.53. The first-order chi connectivity index (χ1) is 8.17. The van der Waals surface area contributed by atoms with Gasteiger partial charge >= 0.3 is 5.51 Å². The van der Waals surface area contributed by atoms with Crippen molar-refractivity contribution >= 4 is 23.2 Å². The second-order valence-electron chi connectivity index (χ2n) is 3.52. The summed E-state index contributed by atoms with van der Waals surface area (Å²) >= 11 is -0.442. The van der Waals surface area contributed by atoms with Crippen LogP contribution >= 0.6 is 11.8 Å². The molecule has 0 fully saturated rings. The van der Waals surface area contributed by atoms with E-state index in [2.05, 4.69) is 0 Å². The van der Waals surface area contributed by atoms with Crippen LogP contribution in [0.25, 0.3) is 0 Å². The van der Waals surface area contributed by atoms with Gasteiger partial charge in [0.25, 0.3) is 5.69 Å². The summed E-state index contributed by atoms with van der Waals surface area (Å²) in [6, 6.07) is 3.07. The summed E-state index contributed by atoms with van der Waals surface area (Å²) in [5.41, 5.74) is -4.79. The summed E-state index contributed by atoms with van der Waals surface area (Å²) in [5, 5.41) is 10.6. The van der Waals surface area contributed by atoms with E-state index in [0.717, 1.165) is 18.2 Å². The Morgan fingerprint density at radius 3 is 2.44 bits per heavy atom. The number of rotatable bonds is 4. The van der Waals surface area contributed by atoms with E-state index in [1.165, 1.54) is 6.92 Å². The molecule has 0 heterocycles. The number of carbonyl (C=O) groups is 1. The molecule has 0 radical (unpaired) electrons. The lowest BCUT2D eigenvalue weighted by Crippen LogP contribution is -2.02. The van der Waals surface area contributed by atoms with E-state index < -0.39 is 27.9 Å². The molecule has 0 amide bonds. The van der Waals surface area contributed by atoms with Crippen LogP contribution in [0.3, 0.4) is 0 Å². The number of hydrogen-bond acceptors (Lipinski definition) is 4. The monoisotopic (exact) mass is 279 g/mol. The lowest BCUT2D eigenvalue weighted by Gasteiger charge is -2.07. The highest BCUT2D eigenvalue weighted by Gasteiger charge is 2.30. The summed E-state index contributed by atoms with van der Waals surface area (Å²) in [5.74, 6) is -0.279. The van der Waals surface area contributed by atoms with Crippen molar-refractivity contribution in [1.29, 1.82) is 0 Å². The average molecular weight is 279 g/mol. The zero-order valence-corrected chi connectivity index (χ0v) is 9.97. The molecule has 98 valence electrons. The van der Waals surface area contributed by atoms with Crippen molar-refractivity contribution in [1.82, 2.24) is 0 Å². The standard InChI is InChI=1S/C10H8F3NO3S/c1-6(15)2-7-3-8(14(16)17)5-9(4-7)18-10(11,12)13/h3-5H,2H2,1H3. The molecule has 1 aromatic carbocycles. The number of nitrogens with zero attached hydrogens (tertiary/aromatic N) is 1. The molecule has 0 unspecified atom stereocenters. The maximum atomic E-state index is 12.2. The smallest absolute Gasteiger partial charge is 0.300 e. The number of hydrogen-bond donors (Lipinski definition) is 0. The lowest BCUT2D eigenvalue weighted by atomic mass is 10.1. The largest absolute Gasteiger partial charge is 0.446 e. The van der Waals surface area contributed by atoms with Gasteiger partial charge in [-0.2, -0.15) is 13.2 Å². The maximum Gasteiger partial charge on any atom is 0.446 e. The van der Waals surface area contributed by atoms with E-state index in [-0.39, 0.29) is 22.7 Å². The Morgan fingerprint density at radius 2 is 2.00 bits per heavy atom. The average Bonchev–Trinajstić information content (AvgIpc) is 2.12. The number of thioether (sulfide) groups is 1. The van der Waals surface area contributed by atoms with Gasteiger partial charge in [0.2, 0.25) is 0 Å². The van der Waals surface area contributed by atoms with Crippen molar-refractivity contribution in [2.45, 2.75) is 23.7 Å². The van der Waals surface area contributed by atoms with Crippen molar-refractivity contribution in [3.63, 3.8) is 0 Å². The highest BCUT2D eigenvalue weighted by molar-refractivity contribution is 8.00. The molecule has 0 saturated heterocycles. The van der Waals surface area contributed by atoms with Crippen LogP contribution in [0, 0.1) is 10.1 Å². The van der Waals surface area contributed by atoms with Crippen LogP contribution in [0.15, 0.2) is 23.1 Å². The van der Waals surface area contributed by atoms with Gasteiger partial charge in [-0.3, -0.25) is 14.9 Å². The molecule has 8 heteroatoms. The van der Waals surface area contributed by atoms with E-state index >= 15 is 0 Å². The minimum absolute atomic E-state index is 0.132. The summed E-state index contributed by atoms with van der Waals surface area (Å²) in [6.07, 6.45) is -0.132. The fraction of sp³-hybridized carbons (Fsp3) is 0.300. The van der Waals surface area contributed by atoms with Crippen LogP contribution < -0.4 is 0 Å². The normalized spacial score (nSPS) is 11.3. The Hall–Kier alpha value is -1.57. The number of ketones is 1. The Balaban J connectivity index is 3.13. The SMILES string of the molecule is CC(=O)Cc1cc(SC(F)(F)F)cc([N+](=O)[O-])c1. The van der Waals surface area contributed by atoms with Gasteiger partial charge < -0.3 is 0 Å². The third-order valence-corrected chi connectivity index (χ3v) is 2.55. The minimum Gasteiger partial charge on any atom is -0.300 e. The van der Waals surface area contributed by atoms with Gasteiger partial charge in [0.05, 0.1) is 4.92 Å². The van der Waals surface area contributed by atoms with E-state index in [1.807, 2.05) is 0 Å². The third-order valence-electron chi connectivity index (χ3n) is 1.85. The Morgan fingerprint density at radius 1 is 1.39 bits per heavy atom. The Kier molecular flexibility index (Phi) is 4.33. The first kappa shape index (κ1) is 14.5. The molecule has 1 aromatic rings. The second kappa shape index (κ2) is 5.38. The highest BCUT2D eigenvalue weighted by Crippen LogP contribution is 2.38. The maximum absolute atomic E-state index is 12.2. The van der Waals surface area contributed by atoms with Crippen LogP contribution in [0.5, 0.6) is 0 Å². The van der Waals surface area contributed by atoms with Gasteiger partial charge in [-0.25, -0.2) is 0 Å². The predicted molar refractivity (Wildman–Crippen MR) is 59.4 cm³/mol. The zero-order valence-electron chi connectivity index (χ0n) is 9.15. The molecule has 4 nitrogen and oxygen atoms in total. The summed E-state index contributed by atoms with van der Waals surface area (Å²) < 4.78 is 36.6. The number of alkyl halides is 3. The molecular weight excluding hydrogens is 271 g/mol. The molecule has 1 rings (SSSR count). The highest BCUT2D eigenvalue weighted by atomic mass is 32.2. The molecule has 0 saturated carbocycles. The summed E-state index contributed by atoms with van der Waals surface area (Å²) in [4.78, 5) is 20.4. The van der Waals surface area contributed by atoms with Crippen molar-refractivity contribution in [2.75, 3.05) is 0 Å². The second-order valence-corrected chi connectivity index (χ2v) is 4.66. The lowest BCUT2D eigenvalue weighted by molar-refractivity contribution is -0.385. The van der Waals surface area contributed by atoms with Crippen LogP contribution in [0.4, 0.5) is 18.9 Å². The van der Waals surface area contributed by atoms with Crippen LogP contribution in [0.1, 0.15) is 12.5 Å². The number of Topliss-reactive ketones (excluding diaryl/α,β-unsaturated/α-hetero) is 1. The number of halogens is 3. The van der Waals surface area contributed by atoms with Gasteiger partial charge in [0.1, 0.15) is 5.78 Å². The number of carbonyl (C=O) groups excluding carboxylic acids is 1. The van der Waals surface area contributed by atoms with E-state index in [0.29, 0.717) is 0 Å². The molecular formula is C10H8F3NO3S. The van der Waals surface area contributed by atoms with Crippen molar-refractivity contribution < 1.29 is 22.9 Å². The summed E-state index contributed by atoms with van der Waals surface area (Å²) in [6.45, 7) is 1.26. The molecule has 0 aliphatic heterocycles. The molecule has 0 N–H and O–H groups in total. The van der Waals surface area contributed by atoms with Crippen molar-refractivity contribution in [3.8, 4) is 0 Å². The molecule has 0 bridgehead atoms. The number of benzene rings is 1. The van der Waals surface area contributed by atoms with Crippen LogP contribution in [-0.4, -0.2) is 16.2 Å². The molecule has 18 heavy (non-hydrogen) atoms. The topological polar surface area (TPSA) is 60.2 Å². The van der Waals surface area contributed by atoms with Gasteiger partial charge in [-0.05, 0) is 30.3 Å². The van der Waals surface area contributed by atoms with Gasteiger partial charge in [-0.1, -0.05) is 0 Å². The van der Waals surface area contributed by atoms with Crippen molar-refractivity contribution in [2.24, 2.45) is 0 Å². The predicted octanol–water partition coefficient (Wildman–Crippen LogP) is 3.34. The molecule has 0 atom stereocenters. The zero-order chi connectivity index (χ0) is 13.9. The Labute approximate surface area is 104 Å².